The molecule has 0 aliphatic rings. The number of benzene rings is 1. The van der Waals surface area contributed by atoms with E-state index >= 15 is 0 Å². The van der Waals surface area contributed by atoms with Gasteiger partial charge in [-0.25, -0.2) is 4.39 Å². The van der Waals surface area contributed by atoms with Gasteiger partial charge in [-0.15, -0.1) is 0 Å². The van der Waals surface area contributed by atoms with E-state index in [0.29, 0.717) is 5.69 Å². The summed E-state index contributed by atoms with van der Waals surface area (Å²) in [7, 11) is 5.98. The van der Waals surface area contributed by atoms with Gasteiger partial charge < -0.3 is 15.1 Å². The Balaban J connectivity index is 2.72. The molecule has 0 spiro atoms. The number of likely N-dealkylation sites (N-methyl/N-ethyl adjacent to an activating group) is 2. The molecule has 0 radical (unpaired) electrons. The fourth-order valence-corrected chi connectivity index (χ4v) is 2.05. The van der Waals surface area contributed by atoms with Crippen LogP contribution in [0.25, 0.3) is 0 Å². The molecule has 0 saturated carbocycles. The van der Waals surface area contributed by atoms with Crippen molar-refractivity contribution in [3.8, 4) is 0 Å². The van der Waals surface area contributed by atoms with Gasteiger partial charge in [0.2, 0.25) is 0 Å². The summed E-state index contributed by atoms with van der Waals surface area (Å²) < 4.78 is 14.2. The van der Waals surface area contributed by atoms with Crippen molar-refractivity contribution in [2.24, 2.45) is 0 Å². The highest BCUT2D eigenvalue weighted by Gasteiger charge is 2.11. The largest absolute Gasteiger partial charge is 0.371 e. The second-order valence-corrected chi connectivity index (χ2v) is 5.61. The summed E-state index contributed by atoms with van der Waals surface area (Å²) in [5, 5.41) is 3.38. The Hall–Kier alpha value is -1.13. The summed E-state index contributed by atoms with van der Waals surface area (Å²) in [6, 6.07) is 5.72. The summed E-state index contributed by atoms with van der Waals surface area (Å²) in [4.78, 5) is 4.06. The summed E-state index contributed by atoms with van der Waals surface area (Å²) in [5.41, 5.74) is 1.67. The number of hydrogen-bond acceptors (Lipinski definition) is 3. The summed E-state index contributed by atoms with van der Waals surface area (Å²) >= 11 is 0. The van der Waals surface area contributed by atoms with Gasteiger partial charge in [-0.1, -0.05) is 13.0 Å². The first kappa shape index (κ1) is 16.9. The molecule has 0 aromatic heterocycles. The Labute approximate surface area is 122 Å². The van der Waals surface area contributed by atoms with Gasteiger partial charge in [-0.2, -0.15) is 0 Å². The SMILES string of the molecule is CCCNC(C)c1ccc(N(C)CCN(C)C)c(F)c1. The van der Waals surface area contributed by atoms with E-state index in [4.69, 9.17) is 0 Å². The van der Waals surface area contributed by atoms with Crippen LogP contribution in [0.1, 0.15) is 31.9 Å². The topological polar surface area (TPSA) is 18.5 Å². The maximum atomic E-state index is 14.2. The summed E-state index contributed by atoms with van der Waals surface area (Å²) in [6.45, 7) is 6.87. The lowest BCUT2D eigenvalue weighted by Gasteiger charge is -2.23. The minimum absolute atomic E-state index is 0.145. The van der Waals surface area contributed by atoms with Crippen LogP contribution in [0, 0.1) is 5.82 Å². The highest BCUT2D eigenvalue weighted by Crippen LogP contribution is 2.22. The Morgan fingerprint density at radius 3 is 2.45 bits per heavy atom. The minimum atomic E-state index is -0.145. The Bertz CT molecular complexity index is 407. The third-order valence-corrected chi connectivity index (χ3v) is 3.47. The van der Waals surface area contributed by atoms with Crippen molar-refractivity contribution in [3.05, 3.63) is 29.6 Å². The second-order valence-electron chi connectivity index (χ2n) is 5.61. The Morgan fingerprint density at radius 2 is 1.90 bits per heavy atom. The third kappa shape index (κ3) is 5.10. The molecular formula is C16H28FN3. The number of halogens is 1. The smallest absolute Gasteiger partial charge is 0.146 e. The van der Waals surface area contributed by atoms with Crippen LogP contribution in [0.5, 0.6) is 0 Å². The lowest BCUT2D eigenvalue weighted by Crippen LogP contribution is -2.29. The van der Waals surface area contributed by atoms with Crippen molar-refractivity contribution in [1.29, 1.82) is 0 Å². The molecule has 0 bridgehead atoms. The zero-order valence-corrected chi connectivity index (χ0v) is 13.4. The monoisotopic (exact) mass is 281 g/mol. The fourth-order valence-electron chi connectivity index (χ4n) is 2.05. The van der Waals surface area contributed by atoms with Gasteiger partial charge in [-0.05, 0) is 51.7 Å². The summed E-state index contributed by atoms with van der Waals surface area (Å²) in [5.74, 6) is -0.145. The quantitative estimate of drug-likeness (QED) is 0.790. The lowest BCUT2D eigenvalue weighted by atomic mass is 10.1. The molecule has 114 valence electrons. The van der Waals surface area contributed by atoms with E-state index in [0.717, 1.165) is 31.6 Å². The molecule has 20 heavy (non-hydrogen) atoms. The molecule has 1 N–H and O–H groups in total. The predicted octanol–water partition coefficient (Wildman–Crippen LogP) is 2.88. The Kier molecular flexibility index (Phi) is 6.96. The third-order valence-electron chi connectivity index (χ3n) is 3.47. The van der Waals surface area contributed by atoms with Crippen molar-refractivity contribution >= 4 is 5.69 Å². The zero-order valence-electron chi connectivity index (χ0n) is 13.4. The molecule has 0 heterocycles. The van der Waals surface area contributed by atoms with Crippen LogP contribution < -0.4 is 10.2 Å². The molecule has 0 fully saturated rings. The predicted molar refractivity (Wildman–Crippen MR) is 84.9 cm³/mol. The average Bonchev–Trinajstić information content (AvgIpc) is 2.41. The molecule has 3 nitrogen and oxygen atoms in total. The molecule has 0 amide bonds. The number of rotatable bonds is 8. The molecule has 0 aliphatic carbocycles. The normalized spacial score (nSPS) is 12.8. The van der Waals surface area contributed by atoms with Crippen LogP contribution in [0.2, 0.25) is 0 Å². The van der Waals surface area contributed by atoms with Gasteiger partial charge in [-0.3, -0.25) is 0 Å². The molecule has 4 heteroatoms. The number of nitrogens with one attached hydrogen (secondary N) is 1. The first-order chi connectivity index (χ1) is 9.45. The fraction of sp³-hybridized carbons (Fsp3) is 0.625. The minimum Gasteiger partial charge on any atom is -0.371 e. The maximum absolute atomic E-state index is 14.2. The first-order valence-corrected chi connectivity index (χ1v) is 7.34. The van der Waals surface area contributed by atoms with Crippen LogP contribution in [0.3, 0.4) is 0 Å². The van der Waals surface area contributed by atoms with Crippen molar-refractivity contribution in [2.45, 2.75) is 26.3 Å². The van der Waals surface area contributed by atoms with Gasteiger partial charge in [0.05, 0.1) is 5.69 Å². The Morgan fingerprint density at radius 1 is 1.20 bits per heavy atom. The molecule has 1 atom stereocenters. The van der Waals surface area contributed by atoms with Gasteiger partial charge in [0.15, 0.2) is 0 Å². The molecular weight excluding hydrogens is 253 g/mol. The van der Waals surface area contributed by atoms with E-state index in [2.05, 4.69) is 24.1 Å². The highest BCUT2D eigenvalue weighted by atomic mass is 19.1. The number of nitrogens with zero attached hydrogens (tertiary/aromatic N) is 2. The molecule has 1 aromatic carbocycles. The summed E-state index contributed by atoms with van der Waals surface area (Å²) in [6.07, 6.45) is 1.08. The van der Waals surface area contributed by atoms with Crippen LogP contribution >= 0.6 is 0 Å². The average molecular weight is 281 g/mol. The van der Waals surface area contributed by atoms with Gasteiger partial charge in [0.1, 0.15) is 5.82 Å². The van der Waals surface area contributed by atoms with Crippen molar-refractivity contribution in [1.82, 2.24) is 10.2 Å². The highest BCUT2D eigenvalue weighted by molar-refractivity contribution is 5.49. The first-order valence-electron chi connectivity index (χ1n) is 7.34. The van der Waals surface area contributed by atoms with E-state index in [-0.39, 0.29) is 11.9 Å². The molecule has 1 rings (SSSR count). The molecule has 0 saturated heterocycles. The second kappa shape index (κ2) is 8.22. The maximum Gasteiger partial charge on any atom is 0.146 e. The van der Waals surface area contributed by atoms with E-state index in [1.54, 1.807) is 6.07 Å². The standard InChI is InChI=1S/C16H28FN3/c1-6-9-18-13(2)14-7-8-16(15(17)12-14)20(5)11-10-19(3)4/h7-8,12-13,18H,6,9-11H2,1-5H3. The van der Waals surface area contributed by atoms with E-state index in [1.165, 1.54) is 0 Å². The van der Waals surface area contributed by atoms with Crippen LogP contribution in [0.15, 0.2) is 18.2 Å². The van der Waals surface area contributed by atoms with Crippen LogP contribution in [-0.2, 0) is 0 Å². The van der Waals surface area contributed by atoms with E-state index < -0.39 is 0 Å². The molecule has 0 aliphatic heterocycles. The van der Waals surface area contributed by atoms with Crippen LogP contribution in [0.4, 0.5) is 10.1 Å². The van der Waals surface area contributed by atoms with Crippen molar-refractivity contribution < 1.29 is 4.39 Å². The van der Waals surface area contributed by atoms with Gasteiger partial charge >= 0.3 is 0 Å². The van der Waals surface area contributed by atoms with E-state index in [1.807, 2.05) is 38.2 Å². The van der Waals surface area contributed by atoms with Crippen molar-refractivity contribution in [3.63, 3.8) is 0 Å². The van der Waals surface area contributed by atoms with Gasteiger partial charge in [0, 0.05) is 26.2 Å². The molecule has 1 unspecified atom stereocenters. The van der Waals surface area contributed by atoms with Gasteiger partial charge in [0.25, 0.3) is 0 Å². The van der Waals surface area contributed by atoms with Crippen LogP contribution in [-0.4, -0.2) is 45.7 Å². The van der Waals surface area contributed by atoms with Crippen molar-refractivity contribution in [2.75, 3.05) is 45.7 Å². The number of hydrogen-bond donors (Lipinski definition) is 1. The lowest BCUT2D eigenvalue weighted by molar-refractivity contribution is 0.415. The molecule has 1 aromatic rings. The zero-order chi connectivity index (χ0) is 15.1. The number of anilines is 1. The van der Waals surface area contributed by atoms with E-state index in [9.17, 15) is 4.39 Å².